The van der Waals surface area contributed by atoms with Gasteiger partial charge in [0.05, 0.1) is 12.6 Å². The summed E-state index contributed by atoms with van der Waals surface area (Å²) in [6.45, 7) is 7.01. The van der Waals surface area contributed by atoms with E-state index in [4.69, 9.17) is 9.26 Å². The Morgan fingerprint density at radius 1 is 1.25 bits per heavy atom. The zero-order valence-corrected chi connectivity index (χ0v) is 17.3. The molecule has 7 heteroatoms. The molecule has 0 saturated heterocycles. The fourth-order valence-electron chi connectivity index (χ4n) is 3.49. The minimum Gasteiger partial charge on any atom is -0.371 e. The summed E-state index contributed by atoms with van der Waals surface area (Å²) in [5.41, 5.74) is 4.26. The molecule has 2 N–H and O–H groups in total. The van der Waals surface area contributed by atoms with E-state index in [-0.39, 0.29) is 12.1 Å². The molecule has 1 aromatic carbocycles. The number of nitrogens with zero attached hydrogens (tertiary/aromatic N) is 3. The van der Waals surface area contributed by atoms with Gasteiger partial charge in [0.2, 0.25) is 5.89 Å². The first-order chi connectivity index (χ1) is 13.6. The Morgan fingerprint density at radius 2 is 2.04 bits per heavy atom. The van der Waals surface area contributed by atoms with Gasteiger partial charge in [0.15, 0.2) is 11.8 Å². The summed E-state index contributed by atoms with van der Waals surface area (Å²) in [5, 5.41) is 10.6. The van der Waals surface area contributed by atoms with E-state index in [1.807, 2.05) is 13.8 Å². The highest BCUT2D eigenvalue weighted by molar-refractivity contribution is 5.80. The molecule has 0 amide bonds. The molecular formula is C21H31N5O2. The number of aryl methyl sites for hydroxylation is 2. The molecule has 2 aromatic rings. The molecule has 0 bridgehead atoms. The average Bonchev–Trinajstić information content (AvgIpc) is 3.20. The van der Waals surface area contributed by atoms with Gasteiger partial charge in [0, 0.05) is 13.7 Å². The first kappa shape index (κ1) is 20.3. The van der Waals surface area contributed by atoms with Crippen LogP contribution in [0.1, 0.15) is 74.2 Å². The molecule has 0 radical (unpaired) electrons. The highest BCUT2D eigenvalue weighted by atomic mass is 16.5. The summed E-state index contributed by atoms with van der Waals surface area (Å²) in [6.07, 6.45) is 4.80. The Balaban J connectivity index is 1.56. The van der Waals surface area contributed by atoms with Crippen LogP contribution in [-0.2, 0) is 24.1 Å². The lowest BCUT2D eigenvalue weighted by atomic mass is 9.89. The van der Waals surface area contributed by atoms with Crippen molar-refractivity contribution in [2.75, 3.05) is 13.7 Å². The van der Waals surface area contributed by atoms with Crippen LogP contribution in [0.25, 0.3) is 0 Å². The van der Waals surface area contributed by atoms with E-state index in [1.54, 1.807) is 7.05 Å². The van der Waals surface area contributed by atoms with Crippen LogP contribution < -0.4 is 10.6 Å². The van der Waals surface area contributed by atoms with Crippen molar-refractivity contribution in [3.8, 4) is 0 Å². The van der Waals surface area contributed by atoms with Crippen molar-refractivity contribution >= 4 is 5.96 Å². The van der Waals surface area contributed by atoms with E-state index in [9.17, 15) is 0 Å². The molecule has 0 spiro atoms. The van der Waals surface area contributed by atoms with Crippen LogP contribution in [0.15, 0.2) is 27.7 Å². The predicted molar refractivity (Wildman–Crippen MR) is 109 cm³/mol. The highest BCUT2D eigenvalue weighted by Gasteiger charge is 2.16. The molecule has 28 heavy (non-hydrogen) atoms. The van der Waals surface area contributed by atoms with Crippen LogP contribution in [-0.4, -0.2) is 29.8 Å². The average molecular weight is 386 g/mol. The van der Waals surface area contributed by atoms with Crippen molar-refractivity contribution in [1.82, 2.24) is 20.8 Å². The molecule has 0 aliphatic heterocycles. The van der Waals surface area contributed by atoms with Gasteiger partial charge in [-0.25, -0.2) is 0 Å². The molecule has 1 heterocycles. The van der Waals surface area contributed by atoms with Crippen molar-refractivity contribution in [1.29, 1.82) is 0 Å². The van der Waals surface area contributed by atoms with Gasteiger partial charge in [-0.1, -0.05) is 23.4 Å². The Kier molecular flexibility index (Phi) is 7.03. The molecular weight excluding hydrogens is 354 g/mol. The van der Waals surface area contributed by atoms with Crippen LogP contribution in [0.3, 0.4) is 0 Å². The Hall–Kier alpha value is -2.41. The summed E-state index contributed by atoms with van der Waals surface area (Å²) in [7, 11) is 1.76. The minimum absolute atomic E-state index is 0.148. The number of guanidine groups is 1. The first-order valence-electron chi connectivity index (χ1n) is 10.1. The summed E-state index contributed by atoms with van der Waals surface area (Å²) >= 11 is 0. The van der Waals surface area contributed by atoms with Gasteiger partial charge in [-0.05, 0) is 63.1 Å². The van der Waals surface area contributed by atoms with E-state index in [2.05, 4.69) is 50.9 Å². The fourth-order valence-corrected chi connectivity index (χ4v) is 3.49. The third kappa shape index (κ3) is 5.10. The Labute approximate surface area is 167 Å². The van der Waals surface area contributed by atoms with Crippen LogP contribution in [0, 0.1) is 0 Å². The smallest absolute Gasteiger partial charge is 0.246 e. The van der Waals surface area contributed by atoms with E-state index >= 15 is 0 Å². The molecule has 0 saturated carbocycles. The number of nitrogens with one attached hydrogen (secondary N) is 2. The lowest BCUT2D eigenvalue weighted by Gasteiger charge is -2.21. The molecule has 1 aromatic heterocycles. The third-order valence-corrected chi connectivity index (χ3v) is 5.12. The van der Waals surface area contributed by atoms with Crippen LogP contribution in [0.5, 0.6) is 0 Å². The van der Waals surface area contributed by atoms with Crippen molar-refractivity contribution in [3.63, 3.8) is 0 Å². The van der Waals surface area contributed by atoms with Gasteiger partial charge in [-0.15, -0.1) is 0 Å². The fraction of sp³-hybridized carbons (Fsp3) is 0.571. The lowest BCUT2D eigenvalue weighted by Crippen LogP contribution is -2.38. The quantitative estimate of drug-likeness (QED) is 0.561. The van der Waals surface area contributed by atoms with Gasteiger partial charge in [0.25, 0.3) is 0 Å². The lowest BCUT2D eigenvalue weighted by molar-refractivity contribution is 0.0683. The van der Waals surface area contributed by atoms with E-state index in [0.29, 0.717) is 30.8 Å². The monoisotopic (exact) mass is 385 g/mol. The topological polar surface area (TPSA) is 84.6 Å². The van der Waals surface area contributed by atoms with E-state index in [0.717, 1.165) is 0 Å². The van der Waals surface area contributed by atoms with Crippen molar-refractivity contribution in [2.45, 2.75) is 65.1 Å². The van der Waals surface area contributed by atoms with Gasteiger partial charge >= 0.3 is 0 Å². The predicted octanol–water partition coefficient (Wildman–Crippen LogP) is 3.47. The zero-order valence-electron chi connectivity index (χ0n) is 17.3. The van der Waals surface area contributed by atoms with Crippen molar-refractivity contribution in [2.24, 2.45) is 4.99 Å². The minimum atomic E-state index is -0.177. The number of hydrogen-bond acceptors (Lipinski definition) is 5. The maximum atomic E-state index is 5.49. The maximum absolute atomic E-state index is 5.49. The standard InChI is InChI=1S/C21H31N5O2/c1-5-27-15(3)20-25-19(28-26-20)13-23-21(22-4)24-14(2)17-11-10-16-8-6-7-9-18(16)12-17/h10-12,14-15H,5-9,13H2,1-4H3,(H2,22,23,24). The molecule has 7 nitrogen and oxygen atoms in total. The molecule has 1 aliphatic rings. The number of ether oxygens (including phenoxy) is 1. The Bertz CT molecular complexity index is 802. The zero-order chi connectivity index (χ0) is 19.9. The maximum Gasteiger partial charge on any atom is 0.246 e. The first-order valence-corrected chi connectivity index (χ1v) is 10.1. The summed E-state index contributed by atoms with van der Waals surface area (Å²) < 4.78 is 10.8. The van der Waals surface area contributed by atoms with E-state index < -0.39 is 0 Å². The van der Waals surface area contributed by atoms with Gasteiger partial charge < -0.3 is 19.9 Å². The number of hydrogen-bond donors (Lipinski definition) is 2. The summed E-state index contributed by atoms with van der Waals surface area (Å²) in [5.74, 6) is 1.76. The van der Waals surface area contributed by atoms with E-state index in [1.165, 1.54) is 42.4 Å². The number of rotatable bonds is 7. The molecule has 1 aliphatic carbocycles. The third-order valence-electron chi connectivity index (χ3n) is 5.12. The SMILES string of the molecule is CCOC(C)c1noc(CNC(=NC)NC(C)c2ccc3c(c2)CCCC3)n1. The number of aromatic nitrogens is 2. The molecule has 0 fully saturated rings. The van der Waals surface area contributed by atoms with Gasteiger partial charge in [-0.3, -0.25) is 4.99 Å². The Morgan fingerprint density at radius 3 is 2.79 bits per heavy atom. The second-order valence-electron chi connectivity index (χ2n) is 7.17. The number of fused-ring (bicyclic) bond motifs is 1. The van der Waals surface area contributed by atoms with Crippen molar-refractivity contribution < 1.29 is 9.26 Å². The van der Waals surface area contributed by atoms with Gasteiger partial charge in [-0.2, -0.15) is 4.98 Å². The summed E-state index contributed by atoms with van der Waals surface area (Å²) in [4.78, 5) is 8.68. The molecule has 152 valence electrons. The largest absolute Gasteiger partial charge is 0.371 e. The second kappa shape index (κ2) is 9.68. The number of benzene rings is 1. The van der Waals surface area contributed by atoms with Crippen LogP contribution >= 0.6 is 0 Å². The van der Waals surface area contributed by atoms with Gasteiger partial charge in [0.1, 0.15) is 6.10 Å². The molecule has 2 atom stereocenters. The highest BCUT2D eigenvalue weighted by Crippen LogP contribution is 2.24. The number of aliphatic imine (C=N–C) groups is 1. The summed E-state index contributed by atoms with van der Waals surface area (Å²) in [6, 6.07) is 6.97. The molecule has 3 rings (SSSR count). The molecule has 2 unspecified atom stereocenters. The second-order valence-corrected chi connectivity index (χ2v) is 7.17. The van der Waals surface area contributed by atoms with Crippen LogP contribution in [0.4, 0.5) is 0 Å². The normalized spacial score (nSPS) is 16.4. The van der Waals surface area contributed by atoms with Crippen molar-refractivity contribution in [3.05, 3.63) is 46.6 Å². The van der Waals surface area contributed by atoms with Crippen LogP contribution in [0.2, 0.25) is 0 Å².